The number of hydrogen-bond donors (Lipinski definition) is 1. The minimum Gasteiger partial charge on any atom is -0.309 e. The Morgan fingerprint density at radius 1 is 1.60 bits per heavy atom. The molecule has 2 rings (SSSR count). The highest BCUT2D eigenvalue weighted by Crippen LogP contribution is 2.17. The van der Waals surface area contributed by atoms with E-state index in [0.29, 0.717) is 11.6 Å². The SMILES string of the molecule is CC(=O)Nc1nc2ncc(Br)cn2c1C. The number of amides is 1. The second-order valence-electron chi connectivity index (χ2n) is 3.17. The molecular weight excluding hydrogens is 260 g/mol. The summed E-state index contributed by atoms with van der Waals surface area (Å²) in [5, 5.41) is 2.66. The first-order chi connectivity index (χ1) is 7.08. The second-order valence-corrected chi connectivity index (χ2v) is 4.08. The van der Waals surface area contributed by atoms with E-state index in [4.69, 9.17) is 0 Å². The number of nitrogens with zero attached hydrogens (tertiary/aromatic N) is 3. The molecule has 5 nitrogen and oxygen atoms in total. The molecule has 1 amide bonds. The van der Waals surface area contributed by atoms with Gasteiger partial charge in [0.2, 0.25) is 11.7 Å². The third-order valence-corrected chi connectivity index (χ3v) is 2.39. The number of aromatic nitrogens is 3. The number of fused-ring (bicyclic) bond motifs is 1. The lowest BCUT2D eigenvalue weighted by atomic mass is 10.4. The zero-order valence-corrected chi connectivity index (χ0v) is 9.87. The lowest BCUT2D eigenvalue weighted by Gasteiger charge is -1.98. The molecule has 1 N–H and O–H groups in total. The van der Waals surface area contributed by atoms with Gasteiger partial charge >= 0.3 is 0 Å². The van der Waals surface area contributed by atoms with E-state index in [-0.39, 0.29) is 5.91 Å². The fraction of sp³-hybridized carbons (Fsp3) is 0.222. The maximum Gasteiger partial charge on any atom is 0.236 e. The van der Waals surface area contributed by atoms with E-state index in [2.05, 4.69) is 31.2 Å². The van der Waals surface area contributed by atoms with Crippen molar-refractivity contribution >= 4 is 33.4 Å². The number of imidazole rings is 1. The van der Waals surface area contributed by atoms with Crippen molar-refractivity contribution in [1.82, 2.24) is 14.4 Å². The summed E-state index contributed by atoms with van der Waals surface area (Å²) in [6.07, 6.45) is 3.52. The normalized spacial score (nSPS) is 10.6. The van der Waals surface area contributed by atoms with Crippen molar-refractivity contribution in [1.29, 1.82) is 0 Å². The summed E-state index contributed by atoms with van der Waals surface area (Å²) in [5.41, 5.74) is 0.856. The molecule has 0 unspecified atom stereocenters. The quantitative estimate of drug-likeness (QED) is 0.858. The van der Waals surface area contributed by atoms with Crippen molar-refractivity contribution < 1.29 is 4.79 Å². The molecule has 0 atom stereocenters. The Labute approximate surface area is 94.7 Å². The molecule has 0 radical (unpaired) electrons. The Balaban J connectivity index is 2.59. The lowest BCUT2D eigenvalue weighted by Crippen LogP contribution is -2.07. The van der Waals surface area contributed by atoms with E-state index in [0.717, 1.165) is 10.2 Å². The number of carbonyl (C=O) groups is 1. The summed E-state index contributed by atoms with van der Waals surface area (Å²) >= 11 is 3.33. The van der Waals surface area contributed by atoms with Gasteiger partial charge in [-0.15, -0.1) is 0 Å². The van der Waals surface area contributed by atoms with Crippen LogP contribution in [0, 0.1) is 6.92 Å². The maximum atomic E-state index is 10.9. The smallest absolute Gasteiger partial charge is 0.236 e. The van der Waals surface area contributed by atoms with Gasteiger partial charge in [-0.2, -0.15) is 4.98 Å². The van der Waals surface area contributed by atoms with Gasteiger partial charge in [-0.3, -0.25) is 9.20 Å². The number of halogens is 1. The van der Waals surface area contributed by atoms with Crippen LogP contribution in [0.25, 0.3) is 5.78 Å². The average Bonchev–Trinajstić information content (AvgIpc) is 2.44. The topological polar surface area (TPSA) is 59.3 Å². The van der Waals surface area contributed by atoms with Crippen molar-refractivity contribution in [2.24, 2.45) is 0 Å². The fourth-order valence-corrected chi connectivity index (χ4v) is 1.61. The summed E-state index contributed by atoms with van der Waals surface area (Å²) < 4.78 is 2.68. The zero-order chi connectivity index (χ0) is 11.0. The predicted molar refractivity (Wildman–Crippen MR) is 59.7 cm³/mol. The first kappa shape index (κ1) is 10.1. The van der Waals surface area contributed by atoms with Gasteiger partial charge in [0.15, 0.2) is 5.82 Å². The van der Waals surface area contributed by atoms with Gasteiger partial charge in [0.05, 0.1) is 10.2 Å². The largest absolute Gasteiger partial charge is 0.309 e. The van der Waals surface area contributed by atoms with Gasteiger partial charge in [-0.1, -0.05) is 0 Å². The van der Waals surface area contributed by atoms with E-state index in [1.54, 1.807) is 6.20 Å². The number of nitrogens with one attached hydrogen (secondary N) is 1. The van der Waals surface area contributed by atoms with E-state index >= 15 is 0 Å². The molecule has 0 aliphatic rings. The van der Waals surface area contributed by atoms with Gasteiger partial charge in [-0.05, 0) is 22.9 Å². The molecule has 0 bridgehead atoms. The molecule has 0 spiro atoms. The van der Waals surface area contributed by atoms with Crippen LogP contribution in [0.4, 0.5) is 5.82 Å². The Morgan fingerprint density at radius 2 is 2.33 bits per heavy atom. The first-order valence-corrected chi connectivity index (χ1v) is 5.15. The molecule has 0 aliphatic heterocycles. The Morgan fingerprint density at radius 3 is 3.00 bits per heavy atom. The Kier molecular flexibility index (Phi) is 2.44. The summed E-state index contributed by atoms with van der Waals surface area (Å²) in [4.78, 5) is 19.2. The molecule has 2 aromatic rings. The van der Waals surface area contributed by atoms with Crippen LogP contribution in [-0.4, -0.2) is 20.3 Å². The minimum atomic E-state index is -0.138. The molecule has 0 fully saturated rings. The van der Waals surface area contributed by atoms with Crippen LogP contribution in [0.5, 0.6) is 0 Å². The molecule has 0 saturated carbocycles. The van der Waals surface area contributed by atoms with Gasteiger partial charge in [-0.25, -0.2) is 4.98 Å². The highest BCUT2D eigenvalue weighted by Gasteiger charge is 2.09. The number of aryl methyl sites for hydroxylation is 1. The van der Waals surface area contributed by atoms with Crippen molar-refractivity contribution in [3.05, 3.63) is 22.6 Å². The molecule has 78 valence electrons. The van der Waals surface area contributed by atoms with Crippen molar-refractivity contribution in [2.45, 2.75) is 13.8 Å². The molecular formula is C9H9BrN4O. The van der Waals surface area contributed by atoms with E-state index in [1.807, 2.05) is 17.5 Å². The van der Waals surface area contributed by atoms with Gasteiger partial charge in [0.1, 0.15) is 0 Å². The van der Waals surface area contributed by atoms with E-state index in [1.165, 1.54) is 6.92 Å². The third kappa shape index (κ3) is 1.85. The third-order valence-electron chi connectivity index (χ3n) is 1.98. The summed E-state index contributed by atoms with van der Waals surface area (Å²) in [6.45, 7) is 3.33. The Bertz CT molecular complexity index is 534. The molecule has 2 heterocycles. The zero-order valence-electron chi connectivity index (χ0n) is 8.28. The minimum absolute atomic E-state index is 0.138. The van der Waals surface area contributed by atoms with Gasteiger partial charge in [0, 0.05) is 19.3 Å². The first-order valence-electron chi connectivity index (χ1n) is 4.35. The van der Waals surface area contributed by atoms with Crippen LogP contribution in [0.3, 0.4) is 0 Å². The predicted octanol–water partition coefficient (Wildman–Crippen LogP) is 1.76. The number of anilines is 1. The second kappa shape index (κ2) is 3.62. The van der Waals surface area contributed by atoms with Crippen LogP contribution >= 0.6 is 15.9 Å². The lowest BCUT2D eigenvalue weighted by molar-refractivity contribution is -0.114. The summed E-state index contributed by atoms with van der Waals surface area (Å²) in [6, 6.07) is 0. The highest BCUT2D eigenvalue weighted by molar-refractivity contribution is 9.10. The van der Waals surface area contributed by atoms with Crippen LogP contribution in [0.1, 0.15) is 12.6 Å². The van der Waals surface area contributed by atoms with Gasteiger partial charge in [0.25, 0.3) is 0 Å². The van der Waals surface area contributed by atoms with Crippen molar-refractivity contribution in [2.75, 3.05) is 5.32 Å². The summed E-state index contributed by atoms with van der Waals surface area (Å²) in [5.74, 6) is 0.980. The van der Waals surface area contributed by atoms with Gasteiger partial charge < -0.3 is 5.32 Å². The number of hydrogen-bond acceptors (Lipinski definition) is 3. The van der Waals surface area contributed by atoms with Crippen LogP contribution in [-0.2, 0) is 4.79 Å². The molecule has 0 aliphatic carbocycles. The van der Waals surface area contributed by atoms with Crippen LogP contribution in [0.15, 0.2) is 16.9 Å². The monoisotopic (exact) mass is 268 g/mol. The van der Waals surface area contributed by atoms with Crippen LogP contribution < -0.4 is 5.32 Å². The Hall–Kier alpha value is -1.43. The summed E-state index contributed by atoms with van der Waals surface area (Å²) in [7, 11) is 0. The molecule has 6 heteroatoms. The molecule has 2 aromatic heterocycles. The highest BCUT2D eigenvalue weighted by atomic mass is 79.9. The number of carbonyl (C=O) groups excluding carboxylic acids is 1. The standard InChI is InChI=1S/C9H9BrN4O/c1-5-8(12-6(2)15)13-9-11-3-7(10)4-14(5)9/h3-4H,1-2H3,(H,12,15). The average molecular weight is 269 g/mol. The number of rotatable bonds is 1. The van der Waals surface area contributed by atoms with E-state index < -0.39 is 0 Å². The maximum absolute atomic E-state index is 10.9. The fourth-order valence-electron chi connectivity index (χ4n) is 1.31. The molecule has 15 heavy (non-hydrogen) atoms. The van der Waals surface area contributed by atoms with Crippen molar-refractivity contribution in [3.63, 3.8) is 0 Å². The van der Waals surface area contributed by atoms with Crippen LogP contribution in [0.2, 0.25) is 0 Å². The van der Waals surface area contributed by atoms with E-state index in [9.17, 15) is 4.79 Å². The molecule has 0 saturated heterocycles. The van der Waals surface area contributed by atoms with Crippen molar-refractivity contribution in [3.8, 4) is 0 Å². The molecule has 0 aromatic carbocycles.